The number of hydrogen-bond donors (Lipinski definition) is 2. The van der Waals surface area contributed by atoms with Gasteiger partial charge in [-0.3, -0.25) is 9.59 Å². The Morgan fingerprint density at radius 1 is 0.512 bits per heavy atom. The summed E-state index contributed by atoms with van der Waals surface area (Å²) in [5.74, 6) is 1.78. The number of anilines is 2. The summed E-state index contributed by atoms with van der Waals surface area (Å²) < 4.78 is 65.2. The number of aromatic nitrogens is 4. The van der Waals surface area contributed by atoms with Gasteiger partial charge in [-0.05, 0) is 219 Å². The number of nitrogens with one attached hydrogen (secondary N) is 2. The van der Waals surface area contributed by atoms with E-state index in [9.17, 15) is 18.4 Å². The molecule has 16 nitrogen and oxygen atoms in total. The summed E-state index contributed by atoms with van der Waals surface area (Å²) >= 11 is 3.42. The first-order chi connectivity index (χ1) is 37.1. The van der Waals surface area contributed by atoms with Gasteiger partial charge in [0, 0.05) is 71.0 Å². The van der Waals surface area contributed by atoms with Crippen molar-refractivity contribution in [2.45, 2.75) is 181 Å². The van der Waals surface area contributed by atoms with Crippen LogP contribution in [0.3, 0.4) is 0 Å². The normalized spacial score (nSPS) is 28.9. The molecule has 0 radical (unpaired) electrons. The van der Waals surface area contributed by atoms with E-state index in [1.807, 2.05) is 120 Å². The summed E-state index contributed by atoms with van der Waals surface area (Å²) in [6, 6.07) is 13.8. The maximum absolute atomic E-state index is 14.1. The molecule has 0 aromatic carbocycles. The molecule has 4 unspecified atom stereocenters. The monoisotopic (exact) mass is 1170 g/mol. The highest BCUT2D eigenvalue weighted by molar-refractivity contribution is 9.10. The van der Waals surface area contributed by atoms with Crippen LogP contribution in [0.1, 0.15) is 155 Å². The number of pyridine rings is 4. The standard InChI is InChI=1S/C26H34BFN4O3.C20H22BrFN4O.C12H24B2O4/c1-16-7-9-20(28)22(30-16)23(33)31-26(6)11-17-14-32(15-18(17)12-26)21-10-8-19(13-29-21)27-34-24(2,3)25(4,5)35-27;1-12-3-5-16(22)18(24-12)19(27)25-20(2)7-13-10-26(11-14(13)8-20)17-6-4-15(21)9-23-17;1-9(2)10(3,4)16-13(15-9)14-17-11(5,6)12(7,8)18-14/h7-10,13,17-18H,11-12,14-15H2,1-6H3,(H,31,33);3-6,9,13-14H,7-8,10-11H2,1-2H3,(H,25,27);1-8H3. The van der Waals surface area contributed by atoms with Gasteiger partial charge < -0.3 is 48.4 Å². The lowest BCUT2D eigenvalue weighted by Gasteiger charge is -2.32. The molecule has 9 heterocycles. The van der Waals surface area contributed by atoms with Crippen molar-refractivity contribution < 1.29 is 46.3 Å². The Bertz CT molecular complexity index is 2850. The number of carbonyl (C=O) groups is 2. The van der Waals surface area contributed by atoms with Gasteiger partial charge in [-0.15, -0.1) is 0 Å². The Morgan fingerprint density at radius 2 is 0.850 bits per heavy atom. The van der Waals surface area contributed by atoms with Crippen LogP contribution < -0.4 is 25.9 Å². The van der Waals surface area contributed by atoms with Crippen molar-refractivity contribution in [2.75, 3.05) is 36.0 Å². The Labute approximate surface area is 481 Å². The van der Waals surface area contributed by atoms with E-state index in [0.29, 0.717) is 35.1 Å². The SMILES string of the molecule is CC1(C)OB(B2OC(C)(C)C(C)(C)O2)OC1(C)C.Cc1ccc(F)c(C(=O)NC2(C)CC3CN(c4ccc(B5OC(C)(C)C(C)(C)O5)cn4)CC3C2)n1.Cc1ccc(F)c(C(=O)NC2(C)CC3CN(c4ccc(Br)cn4)CC3C2)n1. The number of hydrogen-bond acceptors (Lipinski definition) is 14. The highest BCUT2D eigenvalue weighted by atomic mass is 79.9. The number of rotatable bonds is 8. The molecule has 5 saturated heterocycles. The zero-order valence-corrected chi connectivity index (χ0v) is 51.1. The van der Waals surface area contributed by atoms with Crippen molar-refractivity contribution in [1.29, 1.82) is 0 Å². The molecular weight excluding hydrogens is 1090 g/mol. The van der Waals surface area contributed by atoms with Crippen molar-refractivity contribution in [3.8, 4) is 0 Å². The molecule has 2 amide bonds. The average molecular weight is 1170 g/mol. The first kappa shape index (κ1) is 60.0. The average Bonchev–Trinajstić information content (AvgIpc) is 4.22. The van der Waals surface area contributed by atoms with Crippen LogP contribution in [-0.2, 0) is 27.9 Å². The summed E-state index contributed by atoms with van der Waals surface area (Å²) in [5.41, 5.74) is -0.980. The number of carbonyl (C=O) groups excluding carboxylic acids is 2. The molecule has 11 rings (SSSR count). The summed E-state index contributed by atoms with van der Waals surface area (Å²) in [7, 11) is -1.37. The zero-order chi connectivity index (χ0) is 58.3. The number of nitrogens with zero attached hydrogens (tertiary/aromatic N) is 6. The second-order valence-corrected chi connectivity index (χ2v) is 27.8. The summed E-state index contributed by atoms with van der Waals surface area (Å²) in [6.45, 7) is 35.6. The second-order valence-electron chi connectivity index (χ2n) is 26.9. The minimum Gasteiger partial charge on any atom is -0.405 e. The number of fused-ring (bicyclic) bond motifs is 2. The third-order valence-electron chi connectivity index (χ3n) is 18.7. The van der Waals surface area contributed by atoms with Crippen LogP contribution in [0.25, 0.3) is 0 Å². The number of halogens is 3. The van der Waals surface area contributed by atoms with E-state index in [1.54, 1.807) is 26.0 Å². The molecule has 4 atom stereocenters. The Hall–Kier alpha value is -4.57. The van der Waals surface area contributed by atoms with E-state index < -0.39 is 44.6 Å². The smallest absolute Gasteiger partial charge is 0.405 e. The minimum absolute atomic E-state index is 0.117. The topological polar surface area (TPSA) is 172 Å². The zero-order valence-electron chi connectivity index (χ0n) is 49.6. The lowest BCUT2D eigenvalue weighted by molar-refractivity contribution is 0.00578. The molecule has 7 aliphatic rings. The van der Waals surface area contributed by atoms with E-state index in [-0.39, 0.29) is 56.1 Å². The molecule has 5 aliphatic heterocycles. The van der Waals surface area contributed by atoms with Gasteiger partial charge in [0.2, 0.25) is 0 Å². The molecule has 4 aromatic rings. The lowest BCUT2D eigenvalue weighted by atomic mass is 9.49. The van der Waals surface area contributed by atoms with Crippen molar-refractivity contribution in [2.24, 2.45) is 23.7 Å². The maximum Gasteiger partial charge on any atom is 0.496 e. The largest absolute Gasteiger partial charge is 0.496 e. The van der Waals surface area contributed by atoms with Crippen molar-refractivity contribution in [3.05, 3.63) is 99.8 Å². The van der Waals surface area contributed by atoms with Crippen molar-refractivity contribution >= 4 is 66.0 Å². The van der Waals surface area contributed by atoms with Gasteiger partial charge in [0.15, 0.2) is 23.0 Å². The third-order valence-corrected chi connectivity index (χ3v) is 19.1. The van der Waals surface area contributed by atoms with E-state index >= 15 is 0 Å². The van der Waals surface area contributed by atoms with Crippen LogP contribution in [0.15, 0.2) is 65.4 Å². The fraction of sp³-hybridized carbons (Fsp3) is 0.621. The molecule has 2 saturated carbocycles. The third kappa shape index (κ3) is 12.4. The van der Waals surface area contributed by atoms with Gasteiger partial charge >= 0.3 is 21.1 Å². The van der Waals surface area contributed by atoms with Crippen LogP contribution in [0.4, 0.5) is 20.4 Å². The van der Waals surface area contributed by atoms with E-state index in [4.69, 9.17) is 32.9 Å². The van der Waals surface area contributed by atoms with Gasteiger partial charge in [-0.2, -0.15) is 0 Å². The number of amides is 2. The molecule has 80 heavy (non-hydrogen) atoms. The highest BCUT2D eigenvalue weighted by Gasteiger charge is 2.64. The van der Waals surface area contributed by atoms with Crippen LogP contribution in [0.2, 0.25) is 0 Å². The van der Waals surface area contributed by atoms with Crippen molar-refractivity contribution in [1.82, 2.24) is 30.6 Å². The molecule has 2 aliphatic carbocycles. The molecule has 7 fully saturated rings. The minimum atomic E-state index is -0.587. The quantitative estimate of drug-likeness (QED) is 0.160. The summed E-state index contributed by atoms with van der Waals surface area (Å²) in [5, 5.41) is 6.12. The Morgan fingerprint density at radius 3 is 1.18 bits per heavy atom. The van der Waals surface area contributed by atoms with E-state index in [2.05, 4.69) is 65.2 Å². The van der Waals surface area contributed by atoms with Crippen LogP contribution in [0.5, 0.6) is 0 Å². The highest BCUT2D eigenvalue weighted by Crippen LogP contribution is 2.47. The maximum atomic E-state index is 14.1. The summed E-state index contributed by atoms with van der Waals surface area (Å²) in [4.78, 5) is 47.3. The summed E-state index contributed by atoms with van der Waals surface area (Å²) in [6.07, 6.45) is 7.11. The van der Waals surface area contributed by atoms with Gasteiger partial charge in [0.1, 0.15) is 11.6 Å². The van der Waals surface area contributed by atoms with Gasteiger partial charge in [0.05, 0.1) is 33.6 Å². The predicted molar refractivity (Wildman–Crippen MR) is 311 cm³/mol. The fourth-order valence-corrected chi connectivity index (χ4v) is 12.4. The first-order valence-corrected chi connectivity index (χ1v) is 28.9. The molecule has 430 valence electrons. The van der Waals surface area contributed by atoms with Crippen molar-refractivity contribution in [3.63, 3.8) is 0 Å². The first-order valence-electron chi connectivity index (χ1n) is 28.1. The second kappa shape index (κ2) is 21.6. The molecule has 22 heteroatoms. The Kier molecular flexibility index (Phi) is 16.2. The molecule has 2 N–H and O–H groups in total. The number of aryl methyl sites for hydroxylation is 2. The molecule has 0 spiro atoms. The van der Waals surface area contributed by atoms with Gasteiger partial charge in [-0.25, -0.2) is 28.7 Å². The Balaban J connectivity index is 0.000000153. The molecular formula is C58H80B3BrF2N8O8. The molecule has 4 aromatic heterocycles. The van der Waals surface area contributed by atoms with Crippen LogP contribution in [-0.4, -0.2) is 124 Å². The molecule has 0 bridgehead atoms. The van der Waals surface area contributed by atoms with Gasteiger partial charge in [0.25, 0.3) is 11.8 Å². The van der Waals surface area contributed by atoms with Gasteiger partial charge in [-0.1, -0.05) is 6.07 Å². The van der Waals surface area contributed by atoms with Crippen LogP contribution in [0, 0.1) is 49.2 Å². The fourth-order valence-electron chi connectivity index (χ4n) is 12.2. The lowest BCUT2D eigenvalue weighted by Crippen LogP contribution is -2.45. The van der Waals surface area contributed by atoms with Crippen LogP contribution >= 0.6 is 15.9 Å². The predicted octanol–water partition coefficient (Wildman–Crippen LogP) is 9.23. The van der Waals surface area contributed by atoms with E-state index in [1.165, 1.54) is 12.1 Å². The van der Waals surface area contributed by atoms with E-state index in [0.717, 1.165) is 73.4 Å².